The van der Waals surface area contributed by atoms with E-state index in [1.54, 1.807) is 19.1 Å². The van der Waals surface area contributed by atoms with Crippen LogP contribution in [0.25, 0.3) is 22.7 Å². The second-order valence-electron chi connectivity index (χ2n) is 7.18. The van der Waals surface area contributed by atoms with Crippen molar-refractivity contribution in [3.05, 3.63) is 94.0 Å². The number of anilines is 1. The molecule has 0 fully saturated rings. The average Bonchev–Trinajstić information content (AvgIpc) is 3.38. The van der Waals surface area contributed by atoms with Crippen LogP contribution in [0.15, 0.2) is 65.6 Å². The lowest BCUT2D eigenvalue weighted by Crippen LogP contribution is -2.19. The van der Waals surface area contributed by atoms with Gasteiger partial charge in [-0.2, -0.15) is 19.9 Å². The van der Waals surface area contributed by atoms with Gasteiger partial charge < -0.3 is 5.32 Å². The molecular formula is C22H15F2N7O2. The van der Waals surface area contributed by atoms with Crippen LogP contribution in [0.2, 0.25) is 0 Å². The van der Waals surface area contributed by atoms with Gasteiger partial charge in [-0.1, -0.05) is 12.1 Å². The maximum atomic E-state index is 14.0. The van der Waals surface area contributed by atoms with Crippen molar-refractivity contribution in [2.45, 2.75) is 6.92 Å². The number of aromatic nitrogens is 6. The Kier molecular flexibility index (Phi) is 4.78. The zero-order valence-electron chi connectivity index (χ0n) is 17.1. The summed E-state index contributed by atoms with van der Waals surface area (Å²) < 4.78 is 30.0. The minimum absolute atomic E-state index is 0.00768. The number of carbonyl (C=O) groups excluding carboxylic acids is 1. The summed E-state index contributed by atoms with van der Waals surface area (Å²) in [5.74, 6) is -1.59. The Labute approximate surface area is 184 Å². The fourth-order valence-electron chi connectivity index (χ4n) is 3.36. The number of aryl methyl sites for hydroxylation is 1. The van der Waals surface area contributed by atoms with E-state index in [0.29, 0.717) is 11.4 Å². The highest BCUT2D eigenvalue weighted by molar-refractivity contribution is 6.04. The first-order valence-electron chi connectivity index (χ1n) is 9.77. The maximum absolute atomic E-state index is 14.0. The molecule has 3 heterocycles. The molecule has 0 bridgehead atoms. The molecule has 2 N–H and O–H groups in total. The highest BCUT2D eigenvalue weighted by atomic mass is 19.1. The van der Waals surface area contributed by atoms with Crippen molar-refractivity contribution in [2.75, 3.05) is 5.32 Å². The summed E-state index contributed by atoms with van der Waals surface area (Å²) in [5, 5.41) is 11.3. The number of hydrogen-bond donors (Lipinski definition) is 2. The van der Waals surface area contributed by atoms with Crippen molar-refractivity contribution in [1.82, 2.24) is 29.5 Å². The van der Waals surface area contributed by atoms with Crippen molar-refractivity contribution < 1.29 is 13.6 Å². The SMILES string of the molecule is Cc1cc(NC(=O)c2ccccc2F)n(-c2nc3c(cnn3-c3ccc(F)cc3)c(=O)[nH]2)n1. The molecule has 3 aromatic heterocycles. The van der Waals surface area contributed by atoms with E-state index in [0.717, 1.165) is 0 Å². The number of benzene rings is 2. The van der Waals surface area contributed by atoms with Crippen molar-refractivity contribution >= 4 is 22.8 Å². The molecule has 33 heavy (non-hydrogen) atoms. The Morgan fingerprint density at radius 3 is 2.58 bits per heavy atom. The molecule has 0 aliphatic rings. The molecule has 0 radical (unpaired) electrons. The van der Waals surface area contributed by atoms with Crippen LogP contribution in [0.3, 0.4) is 0 Å². The van der Waals surface area contributed by atoms with Crippen LogP contribution in [0.4, 0.5) is 14.6 Å². The standard InChI is InChI=1S/C22H15F2N7O2/c1-12-10-18(26-20(32)15-4-2-3-5-17(15)24)31(29-12)22-27-19-16(21(33)28-22)11-25-30(19)14-8-6-13(23)7-9-14/h2-11H,1H3,(H,26,32)(H,27,28,33). The van der Waals surface area contributed by atoms with Gasteiger partial charge in [0.2, 0.25) is 5.95 Å². The predicted molar refractivity (Wildman–Crippen MR) is 116 cm³/mol. The second-order valence-corrected chi connectivity index (χ2v) is 7.18. The Balaban J connectivity index is 1.59. The van der Waals surface area contributed by atoms with Gasteiger partial charge in [-0.15, -0.1) is 0 Å². The third kappa shape index (κ3) is 3.65. The zero-order valence-corrected chi connectivity index (χ0v) is 17.1. The normalized spacial score (nSPS) is 11.1. The third-order valence-electron chi connectivity index (χ3n) is 4.89. The molecule has 0 saturated carbocycles. The number of rotatable bonds is 4. The molecule has 11 heteroatoms. The molecule has 5 aromatic rings. The topological polar surface area (TPSA) is 110 Å². The van der Waals surface area contributed by atoms with Crippen LogP contribution < -0.4 is 10.9 Å². The number of aromatic amines is 1. The molecule has 0 atom stereocenters. The first-order valence-corrected chi connectivity index (χ1v) is 9.77. The summed E-state index contributed by atoms with van der Waals surface area (Å²) in [6.45, 7) is 1.69. The molecule has 1 amide bonds. The van der Waals surface area contributed by atoms with Crippen LogP contribution in [0, 0.1) is 18.6 Å². The minimum atomic E-state index is -0.686. The first-order chi connectivity index (χ1) is 15.9. The van der Waals surface area contributed by atoms with Crippen molar-refractivity contribution in [3.63, 3.8) is 0 Å². The Morgan fingerprint density at radius 2 is 1.82 bits per heavy atom. The lowest BCUT2D eigenvalue weighted by Gasteiger charge is -2.09. The smallest absolute Gasteiger partial charge is 0.263 e. The number of halogens is 2. The first kappa shape index (κ1) is 20.2. The van der Waals surface area contributed by atoms with Gasteiger partial charge in [-0.3, -0.25) is 14.6 Å². The Hall–Kier alpha value is -4.67. The van der Waals surface area contributed by atoms with Crippen molar-refractivity contribution in [1.29, 1.82) is 0 Å². The van der Waals surface area contributed by atoms with E-state index >= 15 is 0 Å². The van der Waals surface area contributed by atoms with Gasteiger partial charge in [0.25, 0.3) is 11.5 Å². The summed E-state index contributed by atoms with van der Waals surface area (Å²) in [5.41, 5.74) is 0.603. The summed E-state index contributed by atoms with van der Waals surface area (Å²) in [4.78, 5) is 32.4. The average molecular weight is 447 g/mol. The van der Waals surface area contributed by atoms with Gasteiger partial charge in [0.1, 0.15) is 22.8 Å². The van der Waals surface area contributed by atoms with Gasteiger partial charge in [-0.25, -0.2) is 13.5 Å². The van der Waals surface area contributed by atoms with Crippen LogP contribution in [-0.2, 0) is 0 Å². The maximum Gasteiger partial charge on any atom is 0.263 e. The van der Waals surface area contributed by atoms with Gasteiger partial charge in [0.15, 0.2) is 5.65 Å². The van der Waals surface area contributed by atoms with E-state index < -0.39 is 23.1 Å². The predicted octanol–water partition coefficient (Wildman–Crippen LogP) is 3.13. The quantitative estimate of drug-likeness (QED) is 0.440. The highest BCUT2D eigenvalue weighted by Gasteiger charge is 2.18. The van der Waals surface area contributed by atoms with Crippen LogP contribution in [0.1, 0.15) is 16.1 Å². The minimum Gasteiger partial charge on any atom is -0.306 e. The van der Waals surface area contributed by atoms with Crippen LogP contribution >= 0.6 is 0 Å². The molecule has 0 saturated heterocycles. The van der Waals surface area contributed by atoms with E-state index in [2.05, 4.69) is 25.5 Å². The van der Waals surface area contributed by atoms with Crippen molar-refractivity contribution in [2.24, 2.45) is 0 Å². The van der Waals surface area contributed by atoms with E-state index in [-0.39, 0.29) is 28.4 Å². The number of hydrogen-bond acceptors (Lipinski definition) is 5. The van der Waals surface area contributed by atoms with Crippen LogP contribution in [-0.4, -0.2) is 35.4 Å². The van der Waals surface area contributed by atoms with Gasteiger partial charge in [-0.05, 0) is 43.3 Å². The van der Waals surface area contributed by atoms with Crippen molar-refractivity contribution in [3.8, 4) is 11.6 Å². The molecule has 164 valence electrons. The summed E-state index contributed by atoms with van der Waals surface area (Å²) in [6, 6.07) is 12.7. The number of H-pyrrole nitrogens is 1. The highest BCUT2D eigenvalue weighted by Crippen LogP contribution is 2.19. The number of fused-ring (bicyclic) bond motifs is 1. The van der Waals surface area contributed by atoms with E-state index in [1.165, 1.54) is 58.0 Å². The number of nitrogens with zero attached hydrogens (tertiary/aromatic N) is 5. The zero-order chi connectivity index (χ0) is 23.1. The Morgan fingerprint density at radius 1 is 1.06 bits per heavy atom. The lowest BCUT2D eigenvalue weighted by atomic mass is 10.2. The summed E-state index contributed by atoms with van der Waals surface area (Å²) in [7, 11) is 0. The van der Waals surface area contributed by atoms with E-state index in [4.69, 9.17) is 0 Å². The Bertz CT molecular complexity index is 1570. The largest absolute Gasteiger partial charge is 0.306 e. The molecule has 9 nitrogen and oxygen atoms in total. The number of carbonyl (C=O) groups is 1. The molecule has 0 spiro atoms. The summed E-state index contributed by atoms with van der Waals surface area (Å²) in [6.07, 6.45) is 1.35. The van der Waals surface area contributed by atoms with Gasteiger partial charge in [0, 0.05) is 6.07 Å². The molecule has 0 aliphatic carbocycles. The van der Waals surface area contributed by atoms with Gasteiger partial charge >= 0.3 is 0 Å². The number of nitrogens with one attached hydrogen (secondary N) is 2. The van der Waals surface area contributed by atoms with E-state index in [1.807, 2.05) is 0 Å². The van der Waals surface area contributed by atoms with E-state index in [9.17, 15) is 18.4 Å². The fraction of sp³-hybridized carbons (Fsp3) is 0.0455. The molecule has 2 aromatic carbocycles. The molecule has 5 rings (SSSR count). The number of amides is 1. The molecular weight excluding hydrogens is 432 g/mol. The van der Waals surface area contributed by atoms with Crippen LogP contribution in [0.5, 0.6) is 0 Å². The lowest BCUT2D eigenvalue weighted by molar-refractivity contribution is 0.102. The monoisotopic (exact) mass is 447 g/mol. The third-order valence-corrected chi connectivity index (χ3v) is 4.89. The second kappa shape index (κ2) is 7.79. The fourth-order valence-corrected chi connectivity index (χ4v) is 3.36. The molecule has 0 aliphatic heterocycles. The summed E-state index contributed by atoms with van der Waals surface area (Å²) >= 11 is 0. The van der Waals surface area contributed by atoms with Gasteiger partial charge in [0.05, 0.1) is 23.1 Å². The molecule has 0 unspecified atom stereocenters.